The summed E-state index contributed by atoms with van der Waals surface area (Å²) in [5.41, 5.74) is 1.87. The first-order valence-electron chi connectivity index (χ1n) is 37.2. The van der Waals surface area contributed by atoms with E-state index in [2.05, 4.69) is 79.8 Å². The highest BCUT2D eigenvalue weighted by molar-refractivity contribution is 5.99. The number of nitrogens with two attached hydrogens (primary N) is 1. The molecule has 0 aromatic heterocycles. The summed E-state index contributed by atoms with van der Waals surface area (Å²) in [6.45, 7) is 27.7. The van der Waals surface area contributed by atoms with Crippen molar-refractivity contribution in [3.63, 3.8) is 0 Å². The minimum atomic E-state index is -1.91. The van der Waals surface area contributed by atoms with Crippen molar-refractivity contribution in [2.45, 2.75) is 290 Å². The van der Waals surface area contributed by atoms with Crippen molar-refractivity contribution >= 4 is 89.5 Å². The quantitative estimate of drug-likeness (QED) is 0.0394. The Hall–Kier alpha value is -9.85. The van der Waals surface area contributed by atoms with Gasteiger partial charge in [-0.15, -0.1) is 0 Å². The highest BCUT2D eigenvalue weighted by Gasteiger charge is 2.39. The average molecular weight is 1580 g/mol. The standard InChI is InChI=1S/C73H124N16O22/c1-40(2)38-50-60(98)84-47(29-35-78-66(104)109-71(11,12)13)55(93)81-45(26-23-32-76-64(102)107-69(5,6)7)59(97)89-52(41(3)90)62(100)75-34-28-46(56(94)83-48(30-36-79-67(105)110-72(14,15)16)58(96)87-51(61(99)86-50)39-43-24-21-20-22-25-43)82-57(95)49(31-37-80-68(106)111-73(17,18)19)85-63(101)53(42(4)91)88-54(92)44(74)27-33-77-65(103)108-70(8,9)10/h20-22,24-25,40-42,44-53,90-91H,23,26-39,74H2,1-19H3,(H,75,100)(H,76,102)(H,77,103)(H,78,104)(H,79,105)(H,80,106)(H,81,93)(H,82,95)(H,83,94)(H,84,98)(H,85,101)(H,86,99)(H,87,96)(H,88,92)(H,89,97)/t41-,42?,44-,45-,46-,47-,48-,49-,50-,51+,52-,53-/m0/s1. The molecule has 0 radical (unpaired) electrons. The van der Waals surface area contributed by atoms with Gasteiger partial charge in [-0.3, -0.25) is 47.9 Å². The first kappa shape index (κ1) is 97.2. The van der Waals surface area contributed by atoms with Crippen LogP contribution in [0.25, 0.3) is 0 Å². The molecule has 0 saturated carbocycles. The Balaban J connectivity index is 3.06. The number of nitrogens with one attached hydrogen (secondary N) is 15. The van der Waals surface area contributed by atoms with Gasteiger partial charge in [-0.1, -0.05) is 44.2 Å². The van der Waals surface area contributed by atoms with Gasteiger partial charge in [0.05, 0.1) is 18.2 Å². The van der Waals surface area contributed by atoms with Crippen LogP contribution in [0.15, 0.2) is 30.3 Å². The number of alkyl carbamates (subject to hydrolysis) is 5. The minimum absolute atomic E-state index is 0.0605. The number of aliphatic hydroxyl groups excluding tert-OH is 2. The lowest BCUT2D eigenvalue weighted by molar-refractivity contribution is -0.136. The fourth-order valence-corrected chi connectivity index (χ4v) is 10.3. The van der Waals surface area contributed by atoms with Crippen LogP contribution < -0.4 is 85.5 Å². The van der Waals surface area contributed by atoms with E-state index in [4.69, 9.17) is 29.4 Å². The van der Waals surface area contributed by atoms with Crippen molar-refractivity contribution in [3.8, 4) is 0 Å². The van der Waals surface area contributed by atoms with Gasteiger partial charge >= 0.3 is 30.5 Å². The zero-order valence-electron chi connectivity index (χ0n) is 67.6. The molecule has 1 aromatic carbocycles. The normalized spacial score (nSPS) is 20.4. The van der Waals surface area contributed by atoms with Gasteiger partial charge < -0.3 is 119 Å². The molecule has 15 amide bonds. The summed E-state index contributed by atoms with van der Waals surface area (Å²) in [4.78, 5) is 211. The van der Waals surface area contributed by atoms with Gasteiger partial charge in [-0.05, 0) is 181 Å². The van der Waals surface area contributed by atoms with Gasteiger partial charge in [0, 0.05) is 45.7 Å². The molecule has 19 N–H and O–H groups in total. The van der Waals surface area contributed by atoms with Crippen molar-refractivity contribution in [2.24, 2.45) is 11.7 Å². The van der Waals surface area contributed by atoms with Crippen LogP contribution in [0.1, 0.15) is 188 Å². The smallest absolute Gasteiger partial charge is 0.407 e. The van der Waals surface area contributed by atoms with Crippen LogP contribution in [0.2, 0.25) is 0 Å². The van der Waals surface area contributed by atoms with Gasteiger partial charge in [0.15, 0.2) is 0 Å². The topological polar surface area (TPSA) is 549 Å². The van der Waals surface area contributed by atoms with Crippen LogP contribution in [0.5, 0.6) is 0 Å². The molecule has 1 aliphatic heterocycles. The molecule has 0 aliphatic carbocycles. The highest BCUT2D eigenvalue weighted by atomic mass is 16.6. The van der Waals surface area contributed by atoms with E-state index < -0.39 is 229 Å². The third-order valence-electron chi connectivity index (χ3n) is 15.4. The van der Waals surface area contributed by atoms with Gasteiger partial charge in [0.1, 0.15) is 82.4 Å². The van der Waals surface area contributed by atoms with E-state index in [0.717, 1.165) is 13.8 Å². The predicted molar refractivity (Wildman–Crippen MR) is 405 cm³/mol. The van der Waals surface area contributed by atoms with E-state index >= 15 is 19.2 Å². The van der Waals surface area contributed by atoms with Crippen LogP contribution in [0, 0.1) is 5.92 Å². The number of carbonyl (C=O) groups is 15. The summed E-state index contributed by atoms with van der Waals surface area (Å²) in [7, 11) is 0. The van der Waals surface area contributed by atoms with Crippen LogP contribution in [-0.2, 0) is 78.1 Å². The molecular weight excluding hydrogens is 1450 g/mol. The highest BCUT2D eigenvalue weighted by Crippen LogP contribution is 2.16. The maximum absolute atomic E-state index is 15.2. The second-order valence-corrected chi connectivity index (χ2v) is 32.3. The van der Waals surface area contributed by atoms with E-state index in [-0.39, 0.29) is 64.1 Å². The average Bonchev–Trinajstić information content (AvgIpc) is 1.21. The van der Waals surface area contributed by atoms with E-state index in [1.807, 2.05) is 0 Å². The van der Waals surface area contributed by atoms with Crippen LogP contribution in [-0.4, -0.2) is 240 Å². The van der Waals surface area contributed by atoms with E-state index in [9.17, 15) is 63.0 Å². The van der Waals surface area contributed by atoms with Crippen molar-refractivity contribution in [2.75, 3.05) is 39.3 Å². The second kappa shape index (κ2) is 45.5. The van der Waals surface area contributed by atoms with Crippen LogP contribution in [0.4, 0.5) is 24.0 Å². The minimum Gasteiger partial charge on any atom is -0.444 e. The first-order valence-corrected chi connectivity index (χ1v) is 37.2. The summed E-state index contributed by atoms with van der Waals surface area (Å²) in [6, 6.07) is -8.78. The summed E-state index contributed by atoms with van der Waals surface area (Å²) >= 11 is 0. The summed E-state index contributed by atoms with van der Waals surface area (Å²) < 4.78 is 26.7. The summed E-state index contributed by atoms with van der Waals surface area (Å²) in [5, 5.41) is 60.1. The molecule has 12 atom stereocenters. The van der Waals surface area contributed by atoms with E-state index in [1.54, 1.807) is 148 Å². The molecular formula is C73H124N16O22. The van der Waals surface area contributed by atoms with Crippen molar-refractivity contribution in [1.29, 1.82) is 0 Å². The summed E-state index contributed by atoms with van der Waals surface area (Å²) in [6.07, 6.45) is -10.8. The SMILES string of the molecule is CC(C)C[C@@H]1NC(=O)[C@@H](Cc2ccccc2)NC(=O)[C@H](CCNC(=O)OC(C)(C)C)NC(=O)[C@@H](NC(=O)[C@H](CCNC(=O)OC(C)(C)C)NC(=O)[C@@H](NC(=O)[C@@H](N)CCNC(=O)OC(C)(C)C)C(C)O)CCNC(=O)[C@H]([C@H](C)O)NC(=O)[C@H](CCCNC(=O)OC(C)(C)C)NC(=O)[C@H](CCNC(=O)OC(C)(C)C)NC1=O. The molecule has 111 heavy (non-hydrogen) atoms. The fourth-order valence-electron chi connectivity index (χ4n) is 10.3. The Morgan fingerprint density at radius 1 is 0.459 bits per heavy atom. The number of rotatable bonds is 28. The lowest BCUT2D eigenvalue weighted by Gasteiger charge is -2.29. The summed E-state index contributed by atoms with van der Waals surface area (Å²) in [5.74, 6) is -11.3. The monoisotopic (exact) mass is 1580 g/mol. The Morgan fingerprint density at radius 2 is 0.847 bits per heavy atom. The molecule has 38 heteroatoms. The number of ether oxygens (including phenoxy) is 5. The molecule has 628 valence electrons. The van der Waals surface area contributed by atoms with E-state index in [0.29, 0.717) is 5.56 Å². The Kier molecular flexibility index (Phi) is 39.8. The van der Waals surface area contributed by atoms with Crippen LogP contribution in [0.3, 0.4) is 0 Å². The molecule has 1 heterocycles. The molecule has 0 bridgehead atoms. The Labute approximate surface area is 649 Å². The molecule has 1 unspecified atom stereocenters. The van der Waals surface area contributed by atoms with Crippen LogP contribution >= 0.6 is 0 Å². The maximum atomic E-state index is 15.2. The number of amides is 15. The lowest BCUT2D eigenvalue weighted by atomic mass is 10.00. The Bertz CT molecular complexity index is 3290. The number of hydrogen-bond donors (Lipinski definition) is 18. The second-order valence-electron chi connectivity index (χ2n) is 32.3. The first-order chi connectivity index (χ1) is 51.2. The molecule has 2 rings (SSSR count). The van der Waals surface area contributed by atoms with Gasteiger partial charge in [-0.2, -0.15) is 0 Å². The van der Waals surface area contributed by atoms with Gasteiger partial charge in [0.25, 0.3) is 0 Å². The van der Waals surface area contributed by atoms with Gasteiger partial charge in [0.2, 0.25) is 59.1 Å². The molecule has 0 spiro atoms. The number of benzene rings is 1. The molecule has 1 aromatic rings. The number of aliphatic hydroxyl groups is 2. The predicted octanol–water partition coefficient (Wildman–Crippen LogP) is 0.211. The number of hydrogen-bond acceptors (Lipinski definition) is 23. The molecule has 1 fully saturated rings. The van der Waals surface area contributed by atoms with Crippen molar-refractivity contribution < 1.29 is 106 Å². The fraction of sp³-hybridized carbons (Fsp3) is 0.712. The third-order valence-corrected chi connectivity index (χ3v) is 15.4. The third kappa shape index (κ3) is 41.7. The zero-order valence-corrected chi connectivity index (χ0v) is 67.6. The molecule has 1 saturated heterocycles. The van der Waals surface area contributed by atoms with Crippen molar-refractivity contribution in [3.05, 3.63) is 35.9 Å². The number of carbonyl (C=O) groups excluding carboxylic acids is 15. The van der Waals surface area contributed by atoms with E-state index in [1.165, 1.54) is 0 Å². The largest absolute Gasteiger partial charge is 0.444 e. The molecule has 1 aliphatic rings. The molecule has 38 nitrogen and oxygen atoms in total. The maximum Gasteiger partial charge on any atom is 0.407 e. The lowest BCUT2D eigenvalue weighted by Crippen LogP contribution is -2.62. The Morgan fingerprint density at radius 3 is 1.29 bits per heavy atom. The van der Waals surface area contributed by atoms with Gasteiger partial charge in [-0.25, -0.2) is 24.0 Å². The zero-order chi connectivity index (χ0) is 84.5. The van der Waals surface area contributed by atoms with Crippen molar-refractivity contribution in [1.82, 2.24) is 79.8 Å².